The Morgan fingerprint density at radius 3 is 2.67 bits per heavy atom. The van der Waals surface area contributed by atoms with Gasteiger partial charge in [-0.2, -0.15) is 0 Å². The molecule has 0 saturated carbocycles. The first kappa shape index (κ1) is 10.3. The van der Waals surface area contributed by atoms with Crippen molar-refractivity contribution in [1.29, 1.82) is 0 Å². The highest BCUT2D eigenvalue weighted by Gasteiger charge is 2.10. The van der Waals surface area contributed by atoms with E-state index in [4.69, 9.17) is 0 Å². The van der Waals surface area contributed by atoms with Gasteiger partial charge in [0, 0.05) is 18.4 Å². The zero-order valence-electron chi connectivity index (χ0n) is 8.97. The van der Waals surface area contributed by atoms with E-state index < -0.39 is 10.8 Å². The number of aromatic nitrogens is 3. The quantitative estimate of drug-likeness (QED) is 0.776. The summed E-state index contributed by atoms with van der Waals surface area (Å²) in [5, 5.41) is 8.16. The van der Waals surface area contributed by atoms with E-state index in [-0.39, 0.29) is 0 Å². The number of hydrogen-bond acceptors (Lipinski definition) is 3. The average Bonchev–Trinajstić information content (AvgIpc) is 2.59. The molecule has 0 aliphatic carbocycles. The van der Waals surface area contributed by atoms with E-state index in [1.54, 1.807) is 6.26 Å². The second-order valence-electron chi connectivity index (χ2n) is 3.76. The Morgan fingerprint density at radius 1 is 1.33 bits per heavy atom. The molecule has 2 aromatic rings. The van der Waals surface area contributed by atoms with Gasteiger partial charge in [0.25, 0.3) is 0 Å². The average molecular weight is 223 g/mol. The Labute approximate surface area is 90.8 Å². The van der Waals surface area contributed by atoms with Crippen LogP contribution in [0.1, 0.15) is 25.6 Å². The first-order valence-corrected chi connectivity index (χ1v) is 6.33. The zero-order valence-corrected chi connectivity index (χ0v) is 9.78. The molecule has 1 atom stereocenters. The van der Waals surface area contributed by atoms with Crippen molar-refractivity contribution < 1.29 is 4.21 Å². The van der Waals surface area contributed by atoms with Gasteiger partial charge < -0.3 is 0 Å². The van der Waals surface area contributed by atoms with Crippen molar-refractivity contribution >= 4 is 16.4 Å². The van der Waals surface area contributed by atoms with Gasteiger partial charge in [-0.3, -0.25) is 8.61 Å². The molecule has 15 heavy (non-hydrogen) atoms. The van der Waals surface area contributed by atoms with E-state index in [2.05, 4.69) is 24.0 Å². The standard InChI is InChI=1S/C10H13N3OS/c1-7(2)10-12-11-9-5-4-8(15(3)14)6-13(9)10/h4-7H,1-3H3. The van der Waals surface area contributed by atoms with Gasteiger partial charge in [-0.1, -0.05) is 13.8 Å². The van der Waals surface area contributed by atoms with Crippen molar-refractivity contribution in [3.63, 3.8) is 0 Å². The normalized spacial score (nSPS) is 13.6. The molecule has 0 N–H and O–H groups in total. The molecule has 4 nitrogen and oxygen atoms in total. The lowest BCUT2D eigenvalue weighted by Gasteiger charge is -2.03. The Balaban J connectivity index is 2.66. The second-order valence-corrected chi connectivity index (χ2v) is 5.14. The van der Waals surface area contributed by atoms with Crippen molar-refractivity contribution in [3.05, 3.63) is 24.2 Å². The highest BCUT2D eigenvalue weighted by molar-refractivity contribution is 7.84. The Bertz CT molecular complexity index is 518. The Morgan fingerprint density at radius 2 is 2.07 bits per heavy atom. The molecule has 2 heterocycles. The van der Waals surface area contributed by atoms with E-state index in [9.17, 15) is 4.21 Å². The molecule has 0 aliphatic rings. The molecule has 0 amide bonds. The van der Waals surface area contributed by atoms with Crippen LogP contribution in [0, 0.1) is 0 Å². The van der Waals surface area contributed by atoms with E-state index in [0.717, 1.165) is 16.4 Å². The fraction of sp³-hybridized carbons (Fsp3) is 0.400. The maximum Gasteiger partial charge on any atom is 0.160 e. The van der Waals surface area contributed by atoms with Crippen LogP contribution in [0.4, 0.5) is 0 Å². The fourth-order valence-electron chi connectivity index (χ4n) is 1.45. The molecule has 2 rings (SSSR count). The third-order valence-corrected chi connectivity index (χ3v) is 3.16. The number of hydrogen-bond donors (Lipinski definition) is 0. The lowest BCUT2D eigenvalue weighted by atomic mass is 10.2. The minimum absolute atomic E-state index is 0.306. The van der Waals surface area contributed by atoms with Crippen LogP contribution in [0.25, 0.3) is 5.65 Å². The zero-order chi connectivity index (χ0) is 11.0. The topological polar surface area (TPSA) is 47.3 Å². The summed E-state index contributed by atoms with van der Waals surface area (Å²) < 4.78 is 13.3. The Hall–Kier alpha value is -1.23. The number of pyridine rings is 1. The molecule has 0 saturated heterocycles. The number of fused-ring (bicyclic) bond motifs is 1. The summed E-state index contributed by atoms with van der Waals surface area (Å²) in [5.41, 5.74) is 0.799. The van der Waals surface area contributed by atoms with E-state index in [1.165, 1.54) is 0 Å². The first-order chi connectivity index (χ1) is 7.09. The molecule has 0 radical (unpaired) electrons. The van der Waals surface area contributed by atoms with Gasteiger partial charge in [0.2, 0.25) is 0 Å². The molecule has 80 valence electrons. The van der Waals surface area contributed by atoms with Crippen LogP contribution in [-0.2, 0) is 10.8 Å². The number of nitrogens with zero attached hydrogens (tertiary/aromatic N) is 3. The molecule has 0 bridgehead atoms. The third kappa shape index (κ3) is 1.79. The highest BCUT2D eigenvalue weighted by atomic mass is 32.2. The fourth-order valence-corrected chi connectivity index (χ4v) is 1.97. The molecular weight excluding hydrogens is 210 g/mol. The summed E-state index contributed by atoms with van der Waals surface area (Å²) >= 11 is 0. The minimum Gasteiger partial charge on any atom is -0.285 e. The second kappa shape index (κ2) is 3.73. The molecule has 0 spiro atoms. The van der Waals surface area contributed by atoms with Crippen molar-refractivity contribution in [1.82, 2.24) is 14.6 Å². The maximum atomic E-state index is 11.3. The number of rotatable bonds is 2. The molecule has 5 heteroatoms. The van der Waals surface area contributed by atoms with Gasteiger partial charge in [0.05, 0.1) is 15.7 Å². The largest absolute Gasteiger partial charge is 0.285 e. The van der Waals surface area contributed by atoms with Crippen molar-refractivity contribution in [2.45, 2.75) is 24.7 Å². The summed E-state index contributed by atoms with van der Waals surface area (Å²) in [6.07, 6.45) is 3.52. The van der Waals surface area contributed by atoms with Crippen LogP contribution in [0.5, 0.6) is 0 Å². The first-order valence-electron chi connectivity index (χ1n) is 4.77. The van der Waals surface area contributed by atoms with E-state index in [0.29, 0.717) is 5.92 Å². The van der Waals surface area contributed by atoms with Gasteiger partial charge in [-0.25, -0.2) is 0 Å². The third-order valence-electron chi connectivity index (χ3n) is 2.25. The Kier molecular flexibility index (Phi) is 2.56. The monoisotopic (exact) mass is 223 g/mol. The summed E-state index contributed by atoms with van der Waals surface area (Å²) in [6.45, 7) is 4.12. The molecule has 2 aromatic heterocycles. The van der Waals surface area contributed by atoms with E-state index >= 15 is 0 Å². The summed E-state index contributed by atoms with van der Waals surface area (Å²) in [5.74, 6) is 1.21. The smallest absolute Gasteiger partial charge is 0.160 e. The van der Waals surface area contributed by atoms with Crippen molar-refractivity contribution in [3.8, 4) is 0 Å². The summed E-state index contributed by atoms with van der Waals surface area (Å²) in [4.78, 5) is 0.796. The van der Waals surface area contributed by atoms with Crippen molar-refractivity contribution in [2.75, 3.05) is 6.26 Å². The molecule has 0 aliphatic heterocycles. The highest BCUT2D eigenvalue weighted by Crippen LogP contribution is 2.15. The van der Waals surface area contributed by atoms with Gasteiger partial charge in [-0.05, 0) is 12.1 Å². The predicted molar refractivity (Wildman–Crippen MR) is 59.4 cm³/mol. The summed E-state index contributed by atoms with van der Waals surface area (Å²) in [6, 6.07) is 3.67. The molecule has 0 aromatic carbocycles. The van der Waals surface area contributed by atoms with Crippen LogP contribution in [0.2, 0.25) is 0 Å². The maximum absolute atomic E-state index is 11.3. The lowest BCUT2D eigenvalue weighted by molar-refractivity contribution is 0.686. The van der Waals surface area contributed by atoms with E-state index in [1.807, 2.05) is 22.7 Å². The summed E-state index contributed by atoms with van der Waals surface area (Å²) in [7, 11) is -0.967. The van der Waals surface area contributed by atoms with Gasteiger partial charge in [0.1, 0.15) is 5.82 Å². The van der Waals surface area contributed by atoms with Gasteiger partial charge in [-0.15, -0.1) is 10.2 Å². The molecule has 1 unspecified atom stereocenters. The molecular formula is C10H13N3OS. The van der Waals surface area contributed by atoms with Gasteiger partial charge in [0.15, 0.2) is 5.65 Å². The van der Waals surface area contributed by atoms with Crippen LogP contribution >= 0.6 is 0 Å². The van der Waals surface area contributed by atoms with Crippen LogP contribution < -0.4 is 0 Å². The molecule has 0 fully saturated rings. The van der Waals surface area contributed by atoms with Crippen molar-refractivity contribution in [2.24, 2.45) is 0 Å². The minimum atomic E-state index is -0.967. The lowest BCUT2D eigenvalue weighted by Crippen LogP contribution is -1.98. The van der Waals surface area contributed by atoms with Crippen LogP contribution in [0.15, 0.2) is 23.2 Å². The van der Waals surface area contributed by atoms with Gasteiger partial charge >= 0.3 is 0 Å². The van der Waals surface area contributed by atoms with Crippen LogP contribution in [0.3, 0.4) is 0 Å². The predicted octanol–water partition coefficient (Wildman–Crippen LogP) is 1.59. The SMILES string of the molecule is CC(C)c1nnc2ccc(S(C)=O)cn12. The van der Waals surface area contributed by atoms with Crippen LogP contribution in [-0.4, -0.2) is 25.1 Å².